The summed E-state index contributed by atoms with van der Waals surface area (Å²) in [6, 6.07) is 4.11. The van der Waals surface area contributed by atoms with Crippen LogP contribution in [-0.4, -0.2) is 35.9 Å². The number of hydrogen-bond donors (Lipinski definition) is 0. The van der Waals surface area contributed by atoms with E-state index in [2.05, 4.69) is 25.1 Å². The highest BCUT2D eigenvalue weighted by Gasteiger charge is 2.31. The first kappa shape index (κ1) is 22.3. The SMILES string of the molecule is CC(C)c1nc2nc([C@H]3CCO[C@H](c4cnn(C5CC5)c4)C3)nc(-c3ccc(F)cc3F)c2n1C. The molecule has 182 valence electrons. The lowest BCUT2D eigenvalue weighted by molar-refractivity contribution is 0.00396. The van der Waals surface area contributed by atoms with Crippen molar-refractivity contribution in [2.24, 2.45) is 7.05 Å². The topological polar surface area (TPSA) is 70.7 Å². The number of ether oxygens (including phenoxy) is 1. The number of aryl methyl sites for hydroxylation is 1. The van der Waals surface area contributed by atoms with Gasteiger partial charge in [0.2, 0.25) is 0 Å². The summed E-state index contributed by atoms with van der Waals surface area (Å²) in [7, 11) is 1.89. The predicted molar refractivity (Wildman–Crippen MR) is 127 cm³/mol. The molecule has 0 amide bonds. The highest BCUT2D eigenvalue weighted by atomic mass is 19.1. The Balaban J connectivity index is 1.42. The quantitative estimate of drug-likeness (QED) is 0.374. The highest BCUT2D eigenvalue weighted by Crippen LogP contribution is 2.40. The van der Waals surface area contributed by atoms with Gasteiger partial charge in [-0.05, 0) is 37.8 Å². The minimum atomic E-state index is -0.652. The predicted octanol–water partition coefficient (Wildman–Crippen LogP) is 5.60. The maximum absolute atomic E-state index is 14.9. The van der Waals surface area contributed by atoms with Crippen LogP contribution in [0.5, 0.6) is 0 Å². The maximum Gasteiger partial charge on any atom is 0.181 e. The van der Waals surface area contributed by atoms with E-state index in [1.165, 1.54) is 25.0 Å². The summed E-state index contributed by atoms with van der Waals surface area (Å²) < 4.78 is 38.7. The first-order valence-electron chi connectivity index (χ1n) is 12.2. The molecule has 0 N–H and O–H groups in total. The molecule has 0 radical (unpaired) electrons. The number of halogens is 2. The second-order valence-corrected chi connectivity index (χ2v) is 9.98. The van der Waals surface area contributed by atoms with Gasteiger partial charge in [0.1, 0.15) is 34.5 Å². The van der Waals surface area contributed by atoms with E-state index in [1.807, 2.05) is 22.5 Å². The van der Waals surface area contributed by atoms with Crippen molar-refractivity contribution in [3.05, 3.63) is 59.4 Å². The van der Waals surface area contributed by atoms with E-state index in [-0.39, 0.29) is 23.5 Å². The molecule has 6 rings (SSSR count). The summed E-state index contributed by atoms with van der Waals surface area (Å²) in [4.78, 5) is 14.5. The highest BCUT2D eigenvalue weighted by molar-refractivity contribution is 5.88. The zero-order valence-electron chi connectivity index (χ0n) is 20.1. The zero-order valence-corrected chi connectivity index (χ0v) is 20.1. The molecule has 4 aromatic rings. The van der Waals surface area contributed by atoms with E-state index in [0.717, 1.165) is 23.9 Å². The number of nitrogens with zero attached hydrogens (tertiary/aromatic N) is 6. The van der Waals surface area contributed by atoms with Crippen LogP contribution in [0, 0.1) is 11.6 Å². The van der Waals surface area contributed by atoms with Crippen LogP contribution in [0.4, 0.5) is 8.78 Å². The first-order chi connectivity index (χ1) is 16.9. The molecule has 1 saturated heterocycles. The van der Waals surface area contributed by atoms with Crippen LogP contribution in [0.1, 0.15) is 80.7 Å². The molecular formula is C26H28F2N6O. The minimum absolute atomic E-state index is 0.0224. The molecule has 0 spiro atoms. The van der Waals surface area contributed by atoms with Crippen molar-refractivity contribution in [2.45, 2.75) is 63.5 Å². The molecule has 4 heterocycles. The molecule has 2 fully saturated rings. The number of aromatic nitrogens is 6. The Morgan fingerprint density at radius 3 is 2.66 bits per heavy atom. The third kappa shape index (κ3) is 4.01. The van der Waals surface area contributed by atoms with Gasteiger partial charge in [-0.2, -0.15) is 5.10 Å². The number of imidazole rings is 1. The van der Waals surface area contributed by atoms with Crippen molar-refractivity contribution >= 4 is 11.2 Å². The molecule has 9 heteroatoms. The van der Waals surface area contributed by atoms with Gasteiger partial charge < -0.3 is 9.30 Å². The van der Waals surface area contributed by atoms with E-state index in [1.54, 1.807) is 0 Å². The number of fused-ring (bicyclic) bond motifs is 1. The number of hydrogen-bond acceptors (Lipinski definition) is 5. The average Bonchev–Trinajstić information content (AvgIpc) is 3.47. The smallest absolute Gasteiger partial charge is 0.181 e. The fourth-order valence-corrected chi connectivity index (χ4v) is 5.03. The van der Waals surface area contributed by atoms with E-state index < -0.39 is 11.6 Å². The van der Waals surface area contributed by atoms with Gasteiger partial charge in [0.15, 0.2) is 5.65 Å². The molecule has 3 aromatic heterocycles. The van der Waals surface area contributed by atoms with E-state index >= 15 is 0 Å². The maximum atomic E-state index is 14.9. The van der Waals surface area contributed by atoms with Gasteiger partial charge in [0.25, 0.3) is 0 Å². The molecule has 1 saturated carbocycles. The summed E-state index contributed by atoms with van der Waals surface area (Å²) in [6.45, 7) is 4.68. The van der Waals surface area contributed by atoms with Crippen LogP contribution in [0.25, 0.3) is 22.4 Å². The Morgan fingerprint density at radius 1 is 1.09 bits per heavy atom. The Labute approximate surface area is 202 Å². The lowest BCUT2D eigenvalue weighted by Gasteiger charge is -2.28. The van der Waals surface area contributed by atoms with Gasteiger partial charge in [0, 0.05) is 48.9 Å². The second kappa shape index (κ2) is 8.48. The molecule has 0 unspecified atom stereocenters. The second-order valence-electron chi connectivity index (χ2n) is 9.98. The van der Waals surface area contributed by atoms with Crippen LogP contribution < -0.4 is 0 Å². The van der Waals surface area contributed by atoms with Crippen molar-refractivity contribution in [1.82, 2.24) is 29.3 Å². The molecule has 2 atom stereocenters. The fourth-order valence-electron chi connectivity index (χ4n) is 5.03. The molecular weight excluding hydrogens is 450 g/mol. The van der Waals surface area contributed by atoms with Crippen LogP contribution >= 0.6 is 0 Å². The molecule has 2 aliphatic rings. The lowest BCUT2D eigenvalue weighted by Crippen LogP contribution is -2.20. The van der Waals surface area contributed by atoms with Crippen molar-refractivity contribution in [1.29, 1.82) is 0 Å². The zero-order chi connectivity index (χ0) is 24.3. The summed E-state index contributed by atoms with van der Waals surface area (Å²) in [5, 5.41) is 4.51. The Bertz CT molecular complexity index is 1410. The monoisotopic (exact) mass is 478 g/mol. The van der Waals surface area contributed by atoms with E-state index in [4.69, 9.17) is 19.7 Å². The minimum Gasteiger partial charge on any atom is -0.373 e. The Hall–Kier alpha value is -3.20. The standard InChI is InChI=1S/C26H28F2N6O/c1-14(2)26-32-25-23(33(26)3)22(19-7-4-17(27)11-20(19)28)30-24(31-25)15-8-9-35-21(10-15)16-12-29-34(13-16)18-5-6-18/h4,7,11-15,18,21H,5-6,8-10H2,1-3H3/t15-,21-/m0/s1. The lowest BCUT2D eigenvalue weighted by atomic mass is 9.92. The van der Waals surface area contributed by atoms with E-state index in [0.29, 0.717) is 41.8 Å². The summed E-state index contributed by atoms with van der Waals surface area (Å²) >= 11 is 0. The third-order valence-electron chi connectivity index (χ3n) is 7.05. The fraction of sp³-hybridized carbons (Fsp3) is 0.462. The van der Waals surface area contributed by atoms with Crippen LogP contribution in [0.3, 0.4) is 0 Å². The van der Waals surface area contributed by atoms with Gasteiger partial charge in [0.05, 0.1) is 18.3 Å². The van der Waals surface area contributed by atoms with Gasteiger partial charge in [-0.3, -0.25) is 4.68 Å². The van der Waals surface area contributed by atoms with Gasteiger partial charge >= 0.3 is 0 Å². The summed E-state index contributed by atoms with van der Waals surface area (Å²) in [5.41, 5.74) is 2.93. The van der Waals surface area contributed by atoms with Crippen molar-refractivity contribution < 1.29 is 13.5 Å². The van der Waals surface area contributed by atoms with Crippen molar-refractivity contribution in [3.63, 3.8) is 0 Å². The number of rotatable bonds is 5. The normalized spacial score (nSPS) is 20.7. The molecule has 7 nitrogen and oxygen atoms in total. The summed E-state index contributed by atoms with van der Waals surface area (Å²) in [6.07, 6.45) is 7.69. The van der Waals surface area contributed by atoms with Crippen LogP contribution in [0.2, 0.25) is 0 Å². The first-order valence-corrected chi connectivity index (χ1v) is 12.2. The Kier molecular flexibility index (Phi) is 5.40. The molecule has 35 heavy (non-hydrogen) atoms. The summed E-state index contributed by atoms with van der Waals surface area (Å²) in [5.74, 6) is 0.359. The Morgan fingerprint density at radius 2 is 1.91 bits per heavy atom. The van der Waals surface area contributed by atoms with E-state index in [9.17, 15) is 8.78 Å². The van der Waals surface area contributed by atoms with Gasteiger partial charge in [-0.25, -0.2) is 23.7 Å². The molecule has 1 aromatic carbocycles. The third-order valence-corrected chi connectivity index (χ3v) is 7.05. The molecule has 0 bridgehead atoms. The van der Waals surface area contributed by atoms with Gasteiger partial charge in [-0.15, -0.1) is 0 Å². The van der Waals surface area contributed by atoms with Crippen molar-refractivity contribution in [3.8, 4) is 11.3 Å². The number of benzene rings is 1. The molecule has 1 aliphatic carbocycles. The molecule has 1 aliphatic heterocycles. The van der Waals surface area contributed by atoms with Crippen molar-refractivity contribution in [2.75, 3.05) is 6.61 Å². The van der Waals surface area contributed by atoms with Crippen LogP contribution in [0.15, 0.2) is 30.6 Å². The largest absolute Gasteiger partial charge is 0.373 e. The van der Waals surface area contributed by atoms with Crippen LogP contribution in [-0.2, 0) is 11.8 Å². The average molecular weight is 479 g/mol. The van der Waals surface area contributed by atoms with Gasteiger partial charge in [-0.1, -0.05) is 13.8 Å².